The molecule has 1 aliphatic heterocycles. The number of fused-ring (bicyclic) bond motifs is 1. The third-order valence-electron chi connectivity index (χ3n) is 5.51. The van der Waals surface area contributed by atoms with Crippen molar-refractivity contribution in [2.75, 3.05) is 39.4 Å². The first kappa shape index (κ1) is 23.3. The maximum absolute atomic E-state index is 6.27. The summed E-state index contributed by atoms with van der Waals surface area (Å²) in [4.78, 5) is 14.6. The van der Waals surface area contributed by atoms with Gasteiger partial charge in [0.05, 0.1) is 36.4 Å². The first-order valence-electron chi connectivity index (χ1n) is 11.1. The minimum atomic E-state index is 0.00813. The van der Waals surface area contributed by atoms with Crippen LogP contribution < -0.4 is 10.7 Å². The molecule has 0 amide bonds. The molecule has 1 fully saturated rings. The van der Waals surface area contributed by atoms with Crippen molar-refractivity contribution in [1.29, 1.82) is 0 Å². The van der Waals surface area contributed by atoms with Crippen LogP contribution >= 0.6 is 11.6 Å². The van der Waals surface area contributed by atoms with Gasteiger partial charge in [-0.3, -0.25) is 9.88 Å². The number of nitrogens with two attached hydrogens (primary N) is 1. The van der Waals surface area contributed by atoms with Gasteiger partial charge < -0.3 is 15.2 Å². The van der Waals surface area contributed by atoms with Gasteiger partial charge in [0.15, 0.2) is 12.8 Å². The maximum atomic E-state index is 6.27. The number of pyridine rings is 2. The fourth-order valence-corrected chi connectivity index (χ4v) is 3.86. The molecule has 0 aliphatic carbocycles. The highest BCUT2D eigenvalue weighted by Gasteiger charge is 2.19. The van der Waals surface area contributed by atoms with Gasteiger partial charge in [0, 0.05) is 37.6 Å². The number of nitrogens with one attached hydrogen (secondary N) is 1. The number of allylic oxidation sites excluding steroid dienone is 1. The van der Waals surface area contributed by atoms with Crippen LogP contribution in [-0.4, -0.2) is 66.6 Å². The molecule has 0 saturated carbocycles. The Labute approximate surface area is 198 Å². The van der Waals surface area contributed by atoms with Crippen molar-refractivity contribution >= 4 is 34.4 Å². The van der Waals surface area contributed by atoms with E-state index in [4.69, 9.17) is 26.8 Å². The molecule has 3 heterocycles. The highest BCUT2D eigenvalue weighted by molar-refractivity contribution is 6.29. The number of hydrogen-bond acceptors (Lipinski definition) is 6. The van der Waals surface area contributed by atoms with E-state index in [2.05, 4.69) is 32.0 Å². The Morgan fingerprint density at radius 1 is 1.18 bits per heavy atom. The summed E-state index contributed by atoms with van der Waals surface area (Å²) in [5, 5.41) is 0.434. The van der Waals surface area contributed by atoms with E-state index >= 15 is 0 Å². The lowest BCUT2D eigenvalue weighted by Crippen LogP contribution is -2.73. The third kappa shape index (κ3) is 6.82. The van der Waals surface area contributed by atoms with Crippen LogP contribution in [0.3, 0.4) is 0 Å². The number of aromatic nitrogens is 2. The second kappa shape index (κ2) is 11.9. The van der Waals surface area contributed by atoms with E-state index in [-0.39, 0.29) is 6.10 Å². The van der Waals surface area contributed by atoms with Crippen molar-refractivity contribution in [3.63, 3.8) is 0 Å². The van der Waals surface area contributed by atoms with Crippen molar-refractivity contribution in [3.05, 3.63) is 77.2 Å². The van der Waals surface area contributed by atoms with Crippen LogP contribution in [0.5, 0.6) is 0 Å². The average molecular weight is 467 g/mol. The molecule has 8 heteroatoms. The van der Waals surface area contributed by atoms with Crippen LogP contribution in [0.2, 0.25) is 5.15 Å². The lowest BCUT2D eigenvalue weighted by molar-refractivity contribution is -0.465. The highest BCUT2D eigenvalue weighted by atomic mass is 35.5. The normalized spacial score (nSPS) is 16.5. The van der Waals surface area contributed by atoms with Gasteiger partial charge in [0.1, 0.15) is 11.3 Å². The minimum absolute atomic E-state index is 0.00813. The van der Waals surface area contributed by atoms with E-state index in [1.165, 1.54) is 0 Å². The van der Waals surface area contributed by atoms with Gasteiger partial charge >= 0.3 is 0 Å². The van der Waals surface area contributed by atoms with E-state index in [1.807, 2.05) is 36.5 Å². The molecule has 3 N–H and O–H groups in total. The molecule has 0 radical (unpaired) electrons. The molecule has 0 bridgehead atoms. The van der Waals surface area contributed by atoms with Crippen molar-refractivity contribution in [2.45, 2.75) is 12.7 Å². The number of ether oxygens (including phenoxy) is 2. The number of hydrogen-bond donors (Lipinski definition) is 2. The van der Waals surface area contributed by atoms with Crippen molar-refractivity contribution in [1.82, 2.24) is 14.9 Å². The van der Waals surface area contributed by atoms with Gasteiger partial charge in [-0.2, -0.15) is 0 Å². The monoisotopic (exact) mass is 466 g/mol. The molecule has 1 unspecified atom stereocenters. The van der Waals surface area contributed by atoms with Gasteiger partial charge in [-0.15, -0.1) is 0 Å². The van der Waals surface area contributed by atoms with Crippen molar-refractivity contribution < 1.29 is 14.5 Å². The molecule has 33 heavy (non-hydrogen) atoms. The van der Waals surface area contributed by atoms with E-state index < -0.39 is 0 Å². The molecule has 3 aromatic rings. The quantitative estimate of drug-likeness (QED) is 0.368. The Hall–Kier alpha value is -2.84. The van der Waals surface area contributed by atoms with Gasteiger partial charge in [-0.1, -0.05) is 41.9 Å². The zero-order chi connectivity index (χ0) is 22.9. The second-order valence-corrected chi connectivity index (χ2v) is 8.29. The SMILES string of the molecule is NC=C(C=[NH+]CC(CN1CCOCC1)OCc1ccccc1)c1cnc2ccc(Cl)nc2c1. The fraction of sp³-hybridized carbons (Fsp3) is 0.320. The van der Waals surface area contributed by atoms with Crippen molar-refractivity contribution in [2.24, 2.45) is 5.73 Å². The minimum Gasteiger partial charge on any atom is -0.404 e. The molecule has 2 aromatic heterocycles. The topological polar surface area (TPSA) is 87.5 Å². The van der Waals surface area contributed by atoms with Gasteiger partial charge in [0.2, 0.25) is 0 Å². The predicted octanol–water partition coefficient (Wildman–Crippen LogP) is 1.65. The number of morpholine rings is 1. The van der Waals surface area contributed by atoms with Gasteiger partial charge in [-0.05, 0) is 23.8 Å². The van der Waals surface area contributed by atoms with Gasteiger partial charge in [-0.25, -0.2) is 9.98 Å². The van der Waals surface area contributed by atoms with Crippen LogP contribution in [0.15, 0.2) is 60.9 Å². The Balaban J connectivity index is 1.43. The number of rotatable bonds is 9. The Bertz CT molecular complexity index is 1100. The molecule has 0 spiro atoms. The molecule has 4 rings (SSSR count). The summed E-state index contributed by atoms with van der Waals surface area (Å²) < 4.78 is 11.7. The van der Waals surface area contributed by atoms with E-state index in [0.29, 0.717) is 18.3 Å². The predicted molar refractivity (Wildman–Crippen MR) is 131 cm³/mol. The molecule has 1 aromatic carbocycles. The fourth-order valence-electron chi connectivity index (χ4n) is 3.70. The Morgan fingerprint density at radius 3 is 2.79 bits per heavy atom. The molecule has 1 saturated heterocycles. The summed E-state index contributed by atoms with van der Waals surface area (Å²) in [5.74, 6) is 0. The van der Waals surface area contributed by atoms with Crippen LogP contribution in [-0.2, 0) is 16.1 Å². The van der Waals surface area contributed by atoms with E-state index in [9.17, 15) is 0 Å². The van der Waals surface area contributed by atoms with Crippen LogP contribution in [0.1, 0.15) is 11.1 Å². The first-order chi connectivity index (χ1) is 16.2. The third-order valence-corrected chi connectivity index (χ3v) is 5.72. The molecule has 7 nitrogen and oxygen atoms in total. The van der Waals surface area contributed by atoms with E-state index in [1.54, 1.807) is 18.5 Å². The van der Waals surface area contributed by atoms with E-state index in [0.717, 1.165) is 60.6 Å². The molecular weight excluding hydrogens is 438 g/mol. The highest BCUT2D eigenvalue weighted by Crippen LogP contribution is 2.18. The molecular formula is C25H29ClN5O2+. The van der Waals surface area contributed by atoms with Crippen molar-refractivity contribution in [3.8, 4) is 0 Å². The molecule has 172 valence electrons. The number of benzene rings is 1. The smallest absolute Gasteiger partial charge is 0.171 e. The summed E-state index contributed by atoms with van der Waals surface area (Å²) in [6.07, 6.45) is 5.24. The first-order valence-corrected chi connectivity index (χ1v) is 11.5. The zero-order valence-electron chi connectivity index (χ0n) is 18.5. The van der Waals surface area contributed by atoms with Crippen LogP contribution in [0.25, 0.3) is 16.6 Å². The summed E-state index contributed by atoms with van der Waals surface area (Å²) in [6, 6.07) is 15.7. The Morgan fingerprint density at radius 2 is 2.00 bits per heavy atom. The summed E-state index contributed by atoms with van der Waals surface area (Å²) in [6.45, 7) is 5.40. The summed E-state index contributed by atoms with van der Waals surface area (Å²) in [7, 11) is 0. The Kier molecular flexibility index (Phi) is 8.38. The lowest BCUT2D eigenvalue weighted by Gasteiger charge is -2.29. The van der Waals surface area contributed by atoms with Gasteiger partial charge in [0.25, 0.3) is 0 Å². The maximum Gasteiger partial charge on any atom is 0.171 e. The lowest BCUT2D eigenvalue weighted by atomic mass is 10.1. The standard InChI is InChI=1S/C25H28ClN5O2/c26-25-7-6-23-24(30-25)12-20(15-29-23)21(13-27)14-28-16-22(17-31-8-10-32-11-9-31)33-18-19-4-2-1-3-5-19/h1-7,12-15,22H,8-11,16-18,27H2/p+1. The summed E-state index contributed by atoms with van der Waals surface area (Å²) >= 11 is 6.03. The molecule has 1 aliphatic rings. The largest absolute Gasteiger partial charge is 0.404 e. The average Bonchev–Trinajstić information content (AvgIpc) is 2.86. The summed E-state index contributed by atoms with van der Waals surface area (Å²) in [5.41, 5.74) is 10.3. The van der Waals surface area contributed by atoms with Crippen LogP contribution in [0.4, 0.5) is 0 Å². The van der Waals surface area contributed by atoms with Crippen LogP contribution in [0, 0.1) is 0 Å². The zero-order valence-corrected chi connectivity index (χ0v) is 19.2. The molecule has 1 atom stereocenters. The number of halogens is 1. The number of nitrogens with zero attached hydrogens (tertiary/aromatic N) is 3. The second-order valence-electron chi connectivity index (χ2n) is 7.90.